The first-order valence-corrected chi connectivity index (χ1v) is 11.4. The Morgan fingerprint density at radius 1 is 1.00 bits per heavy atom. The molecule has 0 unspecified atom stereocenters. The number of carbonyl (C=O) groups excluding carboxylic acids is 1. The summed E-state index contributed by atoms with van der Waals surface area (Å²) < 4.78 is 32.7. The van der Waals surface area contributed by atoms with Gasteiger partial charge >= 0.3 is 0 Å². The second kappa shape index (κ2) is 9.66. The molecule has 7 heteroatoms. The van der Waals surface area contributed by atoms with Crippen molar-refractivity contribution in [1.82, 2.24) is 5.32 Å². The van der Waals surface area contributed by atoms with Crippen molar-refractivity contribution in [1.29, 1.82) is 0 Å². The van der Waals surface area contributed by atoms with Crippen LogP contribution < -0.4 is 14.4 Å². The highest BCUT2D eigenvalue weighted by atomic mass is 32.2. The molecule has 1 atom stereocenters. The standard InChI is InChI=1S/C24H26N2O4S/c1-18-12-14-23(15-13-18)31(28,29)26(3)21-9-7-8-20(16-21)24(27)25-19(2)17-30-22-10-5-4-6-11-22/h4-16,19H,17H2,1-3H3,(H,25,27)/t19-/m0/s1. The highest BCUT2D eigenvalue weighted by Gasteiger charge is 2.22. The van der Waals surface area contributed by atoms with E-state index in [1.165, 1.54) is 11.4 Å². The number of benzene rings is 3. The fourth-order valence-electron chi connectivity index (χ4n) is 2.94. The molecule has 0 fully saturated rings. The summed E-state index contributed by atoms with van der Waals surface area (Å²) in [5, 5.41) is 2.88. The van der Waals surface area contributed by atoms with Crippen molar-refractivity contribution in [3.05, 3.63) is 90.0 Å². The third-order valence-electron chi connectivity index (χ3n) is 4.77. The lowest BCUT2D eigenvalue weighted by atomic mass is 10.2. The molecule has 0 heterocycles. The van der Waals surface area contributed by atoms with Gasteiger partial charge in [0.1, 0.15) is 12.4 Å². The molecule has 3 aromatic carbocycles. The number of rotatable bonds is 8. The second-order valence-electron chi connectivity index (χ2n) is 7.33. The van der Waals surface area contributed by atoms with E-state index in [1.54, 1.807) is 48.5 Å². The summed E-state index contributed by atoms with van der Waals surface area (Å²) in [6.45, 7) is 4.06. The first-order valence-electron chi connectivity index (χ1n) is 9.92. The molecule has 0 aliphatic rings. The van der Waals surface area contributed by atoms with E-state index in [0.29, 0.717) is 17.9 Å². The molecular formula is C24H26N2O4S. The molecule has 0 saturated carbocycles. The van der Waals surface area contributed by atoms with E-state index in [4.69, 9.17) is 4.74 Å². The molecule has 0 radical (unpaired) electrons. The third kappa shape index (κ3) is 5.64. The SMILES string of the molecule is Cc1ccc(S(=O)(=O)N(C)c2cccc(C(=O)N[C@@H](C)COc3ccccc3)c2)cc1. The molecule has 31 heavy (non-hydrogen) atoms. The number of para-hydroxylation sites is 1. The normalized spacial score (nSPS) is 12.1. The quantitative estimate of drug-likeness (QED) is 0.576. The van der Waals surface area contributed by atoms with Crippen molar-refractivity contribution < 1.29 is 17.9 Å². The summed E-state index contributed by atoms with van der Waals surface area (Å²) >= 11 is 0. The Bertz CT molecular complexity index is 1130. The fourth-order valence-corrected chi connectivity index (χ4v) is 4.12. The minimum absolute atomic E-state index is 0.196. The van der Waals surface area contributed by atoms with Crippen LogP contribution >= 0.6 is 0 Å². The summed E-state index contributed by atoms with van der Waals surface area (Å²) in [5.74, 6) is 0.431. The number of ether oxygens (including phenoxy) is 1. The molecule has 6 nitrogen and oxygen atoms in total. The van der Waals surface area contributed by atoms with Gasteiger partial charge in [0.05, 0.1) is 16.6 Å². The number of nitrogens with one attached hydrogen (secondary N) is 1. The van der Waals surface area contributed by atoms with Crippen LogP contribution in [0.4, 0.5) is 5.69 Å². The van der Waals surface area contributed by atoms with Gasteiger partial charge in [0, 0.05) is 12.6 Å². The van der Waals surface area contributed by atoms with Crippen LogP contribution in [0, 0.1) is 6.92 Å². The van der Waals surface area contributed by atoms with Gasteiger partial charge in [0.15, 0.2) is 0 Å². The summed E-state index contributed by atoms with van der Waals surface area (Å²) in [5.41, 5.74) is 1.75. The van der Waals surface area contributed by atoms with Crippen LogP contribution in [0.1, 0.15) is 22.8 Å². The minimum Gasteiger partial charge on any atom is -0.491 e. The van der Waals surface area contributed by atoms with Crippen LogP contribution in [-0.4, -0.2) is 34.0 Å². The first-order chi connectivity index (χ1) is 14.8. The Morgan fingerprint density at radius 2 is 1.68 bits per heavy atom. The van der Waals surface area contributed by atoms with Gasteiger partial charge in [-0.25, -0.2) is 8.42 Å². The van der Waals surface area contributed by atoms with Crippen molar-refractivity contribution in [3.63, 3.8) is 0 Å². The van der Waals surface area contributed by atoms with Crippen LogP contribution in [0.25, 0.3) is 0 Å². The van der Waals surface area contributed by atoms with Crippen LogP contribution in [-0.2, 0) is 10.0 Å². The Hall–Kier alpha value is -3.32. The first kappa shape index (κ1) is 22.4. The van der Waals surface area contributed by atoms with Crippen LogP contribution in [0.2, 0.25) is 0 Å². The van der Waals surface area contributed by atoms with E-state index in [-0.39, 0.29) is 16.8 Å². The van der Waals surface area contributed by atoms with E-state index < -0.39 is 10.0 Å². The maximum absolute atomic E-state index is 12.9. The zero-order chi connectivity index (χ0) is 22.4. The fraction of sp³-hybridized carbons (Fsp3) is 0.208. The van der Waals surface area contributed by atoms with Crippen molar-refractivity contribution in [2.45, 2.75) is 24.8 Å². The van der Waals surface area contributed by atoms with E-state index in [9.17, 15) is 13.2 Å². The monoisotopic (exact) mass is 438 g/mol. The average Bonchev–Trinajstić information content (AvgIpc) is 2.78. The molecule has 162 valence electrons. The highest BCUT2D eigenvalue weighted by molar-refractivity contribution is 7.92. The minimum atomic E-state index is -3.73. The number of aryl methyl sites for hydroxylation is 1. The van der Waals surface area contributed by atoms with Crippen molar-refractivity contribution in [2.24, 2.45) is 0 Å². The number of amides is 1. The van der Waals surface area contributed by atoms with E-state index in [2.05, 4.69) is 5.32 Å². The highest BCUT2D eigenvalue weighted by Crippen LogP contribution is 2.23. The maximum atomic E-state index is 12.9. The van der Waals surface area contributed by atoms with E-state index >= 15 is 0 Å². The zero-order valence-electron chi connectivity index (χ0n) is 17.8. The number of carbonyl (C=O) groups is 1. The van der Waals surface area contributed by atoms with Crippen LogP contribution in [0.3, 0.4) is 0 Å². The van der Waals surface area contributed by atoms with Gasteiger partial charge in [-0.2, -0.15) is 0 Å². The molecule has 3 aromatic rings. The predicted octanol–water partition coefficient (Wildman–Crippen LogP) is 4.02. The van der Waals surface area contributed by atoms with Gasteiger partial charge in [-0.05, 0) is 56.3 Å². The Morgan fingerprint density at radius 3 is 2.35 bits per heavy atom. The molecule has 0 bridgehead atoms. The van der Waals surface area contributed by atoms with Gasteiger partial charge in [0.25, 0.3) is 15.9 Å². The second-order valence-corrected chi connectivity index (χ2v) is 9.30. The number of nitrogens with zero attached hydrogens (tertiary/aromatic N) is 1. The lowest BCUT2D eigenvalue weighted by Crippen LogP contribution is -2.37. The van der Waals surface area contributed by atoms with Crippen LogP contribution in [0.15, 0.2) is 83.8 Å². The topological polar surface area (TPSA) is 75.7 Å². The summed E-state index contributed by atoms with van der Waals surface area (Å²) in [7, 11) is -2.26. The number of anilines is 1. The lowest BCUT2D eigenvalue weighted by Gasteiger charge is -2.20. The van der Waals surface area contributed by atoms with Gasteiger partial charge in [-0.15, -0.1) is 0 Å². The molecule has 1 amide bonds. The molecule has 0 saturated heterocycles. The third-order valence-corrected chi connectivity index (χ3v) is 6.57. The van der Waals surface area contributed by atoms with Crippen LogP contribution in [0.5, 0.6) is 5.75 Å². The van der Waals surface area contributed by atoms with Crippen molar-refractivity contribution in [2.75, 3.05) is 18.0 Å². The number of sulfonamides is 1. The molecule has 0 aliphatic heterocycles. The van der Waals surface area contributed by atoms with Gasteiger partial charge < -0.3 is 10.1 Å². The van der Waals surface area contributed by atoms with Gasteiger partial charge in [-0.1, -0.05) is 42.0 Å². The number of hydrogen-bond acceptors (Lipinski definition) is 4. The molecule has 0 spiro atoms. The molecular weight excluding hydrogens is 412 g/mol. The van der Waals surface area contributed by atoms with E-state index in [0.717, 1.165) is 11.3 Å². The predicted molar refractivity (Wildman–Crippen MR) is 122 cm³/mol. The summed E-state index contributed by atoms with van der Waals surface area (Å²) in [6, 6.07) is 22.3. The largest absolute Gasteiger partial charge is 0.491 e. The molecule has 0 aliphatic carbocycles. The van der Waals surface area contributed by atoms with Gasteiger partial charge in [-0.3, -0.25) is 9.10 Å². The number of hydrogen-bond donors (Lipinski definition) is 1. The maximum Gasteiger partial charge on any atom is 0.264 e. The average molecular weight is 439 g/mol. The van der Waals surface area contributed by atoms with Gasteiger partial charge in [0.2, 0.25) is 0 Å². The van der Waals surface area contributed by atoms with Crippen molar-refractivity contribution >= 4 is 21.6 Å². The molecule has 0 aromatic heterocycles. The Kier molecular flexibility index (Phi) is 6.97. The molecule has 3 rings (SSSR count). The summed E-state index contributed by atoms with van der Waals surface area (Å²) in [6.07, 6.45) is 0. The summed E-state index contributed by atoms with van der Waals surface area (Å²) in [4.78, 5) is 12.9. The molecule has 1 N–H and O–H groups in total. The Balaban J connectivity index is 1.68. The lowest BCUT2D eigenvalue weighted by molar-refractivity contribution is 0.0926. The Labute approximate surface area is 183 Å². The smallest absolute Gasteiger partial charge is 0.264 e. The van der Waals surface area contributed by atoms with Crippen molar-refractivity contribution in [3.8, 4) is 5.75 Å². The zero-order valence-corrected chi connectivity index (χ0v) is 18.6. The van der Waals surface area contributed by atoms with E-state index in [1.807, 2.05) is 44.2 Å².